The zero-order valence-electron chi connectivity index (χ0n) is 26.4. The number of amides is 2. The number of piperidine rings is 1. The Balaban J connectivity index is 1.51. The first-order valence-corrected chi connectivity index (χ1v) is 15.6. The number of pyridine rings is 1. The summed E-state index contributed by atoms with van der Waals surface area (Å²) in [5.74, 6) is -0.853. The van der Waals surface area contributed by atoms with Gasteiger partial charge in [0.2, 0.25) is 5.91 Å². The van der Waals surface area contributed by atoms with Crippen molar-refractivity contribution in [3.63, 3.8) is 0 Å². The molecule has 1 aromatic carbocycles. The predicted octanol–water partition coefficient (Wildman–Crippen LogP) is 5.68. The Hall–Kier alpha value is -3.59. The van der Waals surface area contributed by atoms with Crippen LogP contribution < -0.4 is 5.32 Å². The van der Waals surface area contributed by atoms with Crippen molar-refractivity contribution in [1.29, 1.82) is 0 Å². The lowest BCUT2D eigenvalue weighted by Gasteiger charge is -2.38. The summed E-state index contributed by atoms with van der Waals surface area (Å²) < 4.78 is 16.5. The van der Waals surface area contributed by atoms with Crippen LogP contribution in [0, 0.1) is 18.7 Å². The number of nitrogens with one attached hydrogen (secondary N) is 1. The van der Waals surface area contributed by atoms with Gasteiger partial charge < -0.3 is 19.7 Å². The number of carbonyl (C=O) groups is 3. The monoisotopic (exact) mass is 589 g/mol. The second kappa shape index (κ2) is 12.2. The molecule has 2 amide bonds. The van der Waals surface area contributed by atoms with Crippen LogP contribution in [0.25, 0.3) is 16.6 Å². The van der Waals surface area contributed by atoms with Gasteiger partial charge in [0.1, 0.15) is 5.82 Å². The molecule has 2 aromatic heterocycles. The molecule has 4 atom stereocenters. The maximum absolute atomic E-state index is 14.6. The summed E-state index contributed by atoms with van der Waals surface area (Å²) in [4.78, 5) is 49.4. The fourth-order valence-electron chi connectivity index (χ4n) is 7.23. The Morgan fingerprint density at radius 1 is 1.05 bits per heavy atom. The van der Waals surface area contributed by atoms with Gasteiger partial charge in [-0.2, -0.15) is 0 Å². The zero-order chi connectivity index (χ0) is 31.2. The SMILES string of the molecule is Cc1c(C(=O)[C@@H]2CCN(C(=O)[C@@H]3CC[C@@H](C)N3)[C@@H](C)C2)c2ccncc2n1-c1ccc(F)cc1C(=O)N(C(C)C)C(C)C. The van der Waals surface area contributed by atoms with Crippen LogP contribution in [0.5, 0.6) is 0 Å². The van der Waals surface area contributed by atoms with Crippen molar-refractivity contribution in [1.82, 2.24) is 24.7 Å². The lowest BCUT2D eigenvalue weighted by Crippen LogP contribution is -2.52. The number of hydrogen-bond donors (Lipinski definition) is 1. The molecule has 0 aliphatic carbocycles. The average Bonchev–Trinajstić information content (AvgIpc) is 3.52. The van der Waals surface area contributed by atoms with Gasteiger partial charge in [-0.25, -0.2) is 4.39 Å². The minimum Gasteiger partial charge on any atom is -0.339 e. The Labute approximate surface area is 253 Å². The number of halogens is 1. The maximum Gasteiger partial charge on any atom is 0.256 e. The quantitative estimate of drug-likeness (QED) is 0.358. The summed E-state index contributed by atoms with van der Waals surface area (Å²) in [7, 11) is 0. The van der Waals surface area contributed by atoms with E-state index in [-0.39, 0.29) is 53.2 Å². The molecule has 5 rings (SSSR count). The lowest BCUT2D eigenvalue weighted by molar-refractivity contribution is -0.136. The van der Waals surface area contributed by atoms with E-state index in [4.69, 9.17) is 0 Å². The molecule has 0 unspecified atom stereocenters. The molecule has 9 heteroatoms. The van der Waals surface area contributed by atoms with Crippen LogP contribution in [0.1, 0.15) is 93.6 Å². The van der Waals surface area contributed by atoms with E-state index in [1.165, 1.54) is 12.1 Å². The maximum atomic E-state index is 14.6. The van der Waals surface area contributed by atoms with Crippen molar-refractivity contribution in [2.75, 3.05) is 6.54 Å². The highest BCUT2D eigenvalue weighted by Crippen LogP contribution is 2.35. The minimum atomic E-state index is -0.499. The van der Waals surface area contributed by atoms with Crippen LogP contribution in [-0.4, -0.2) is 73.7 Å². The number of benzene rings is 1. The molecule has 8 nitrogen and oxygen atoms in total. The highest BCUT2D eigenvalue weighted by molar-refractivity contribution is 6.11. The van der Waals surface area contributed by atoms with E-state index in [0.29, 0.717) is 47.9 Å². The third-order valence-electron chi connectivity index (χ3n) is 9.23. The van der Waals surface area contributed by atoms with E-state index in [9.17, 15) is 18.8 Å². The molecule has 2 fully saturated rings. The fraction of sp³-hybridized carbons (Fsp3) is 0.529. The van der Waals surface area contributed by atoms with E-state index in [1.807, 2.05) is 57.1 Å². The normalized spacial score (nSPS) is 22.5. The van der Waals surface area contributed by atoms with E-state index in [1.54, 1.807) is 23.4 Å². The van der Waals surface area contributed by atoms with Crippen LogP contribution in [0.15, 0.2) is 36.7 Å². The molecule has 230 valence electrons. The van der Waals surface area contributed by atoms with Gasteiger partial charge >= 0.3 is 0 Å². The highest BCUT2D eigenvalue weighted by Gasteiger charge is 2.38. The molecule has 2 aliphatic heterocycles. The van der Waals surface area contributed by atoms with Gasteiger partial charge in [-0.15, -0.1) is 0 Å². The van der Waals surface area contributed by atoms with E-state index < -0.39 is 5.82 Å². The minimum absolute atomic E-state index is 0.0278. The molecule has 0 saturated carbocycles. The molecular weight excluding hydrogens is 545 g/mol. The average molecular weight is 590 g/mol. The first kappa shape index (κ1) is 30.9. The Morgan fingerprint density at radius 3 is 2.40 bits per heavy atom. The Kier molecular flexibility index (Phi) is 8.75. The third kappa shape index (κ3) is 5.71. The summed E-state index contributed by atoms with van der Waals surface area (Å²) in [6.45, 7) is 14.3. The van der Waals surface area contributed by atoms with Crippen molar-refractivity contribution in [2.24, 2.45) is 5.92 Å². The number of ketones is 1. The molecule has 2 aliphatic rings. The molecule has 2 saturated heterocycles. The van der Waals surface area contributed by atoms with Crippen LogP contribution in [-0.2, 0) is 4.79 Å². The fourth-order valence-corrected chi connectivity index (χ4v) is 7.23. The van der Waals surface area contributed by atoms with Crippen molar-refractivity contribution < 1.29 is 18.8 Å². The zero-order valence-corrected chi connectivity index (χ0v) is 26.4. The van der Waals surface area contributed by atoms with Crippen LogP contribution in [0.3, 0.4) is 0 Å². The van der Waals surface area contributed by atoms with E-state index in [0.717, 1.165) is 18.2 Å². The molecule has 1 N–H and O–H groups in total. The van der Waals surface area contributed by atoms with Crippen LogP contribution in [0.4, 0.5) is 4.39 Å². The second-order valence-corrected chi connectivity index (χ2v) is 12.9. The number of Topliss-reactive ketones (excluding diaryl/α,β-unsaturated/α-hetero) is 1. The smallest absolute Gasteiger partial charge is 0.256 e. The van der Waals surface area contributed by atoms with Gasteiger partial charge in [-0.05, 0) is 98.4 Å². The number of hydrogen-bond acceptors (Lipinski definition) is 5. The number of likely N-dealkylation sites (tertiary alicyclic amines) is 1. The number of aromatic nitrogens is 2. The molecule has 3 aromatic rings. The third-order valence-corrected chi connectivity index (χ3v) is 9.23. The van der Waals surface area contributed by atoms with E-state index >= 15 is 0 Å². The molecule has 4 heterocycles. The van der Waals surface area contributed by atoms with E-state index in [2.05, 4.69) is 17.2 Å². The molecule has 0 bridgehead atoms. The molecule has 0 radical (unpaired) electrons. The first-order chi connectivity index (χ1) is 20.4. The summed E-state index contributed by atoms with van der Waals surface area (Å²) in [6, 6.07) is 6.05. The number of carbonyl (C=O) groups excluding carboxylic acids is 3. The van der Waals surface area contributed by atoms with Crippen molar-refractivity contribution >= 4 is 28.5 Å². The van der Waals surface area contributed by atoms with Gasteiger partial charge in [0.15, 0.2) is 5.78 Å². The topological polar surface area (TPSA) is 87.5 Å². The lowest BCUT2D eigenvalue weighted by atomic mass is 9.84. The Morgan fingerprint density at radius 2 is 1.77 bits per heavy atom. The summed E-state index contributed by atoms with van der Waals surface area (Å²) in [5, 5.41) is 4.14. The second-order valence-electron chi connectivity index (χ2n) is 12.9. The van der Waals surface area contributed by atoms with Crippen LogP contribution >= 0.6 is 0 Å². The van der Waals surface area contributed by atoms with Gasteiger partial charge in [0, 0.05) is 59.5 Å². The number of nitrogens with zero attached hydrogens (tertiary/aromatic N) is 4. The predicted molar refractivity (Wildman–Crippen MR) is 166 cm³/mol. The van der Waals surface area contributed by atoms with Crippen LogP contribution in [0.2, 0.25) is 0 Å². The number of fused-ring (bicyclic) bond motifs is 1. The Bertz CT molecular complexity index is 1540. The largest absolute Gasteiger partial charge is 0.339 e. The van der Waals surface area contributed by atoms with Crippen molar-refractivity contribution in [3.05, 3.63) is 59.3 Å². The van der Waals surface area contributed by atoms with Crippen molar-refractivity contribution in [3.8, 4) is 5.69 Å². The van der Waals surface area contributed by atoms with Gasteiger partial charge in [-0.3, -0.25) is 19.4 Å². The molecule has 0 spiro atoms. The first-order valence-electron chi connectivity index (χ1n) is 15.6. The van der Waals surface area contributed by atoms with Crippen molar-refractivity contribution in [2.45, 2.75) is 104 Å². The summed E-state index contributed by atoms with van der Waals surface area (Å²) in [5.41, 5.74) is 2.71. The summed E-state index contributed by atoms with van der Waals surface area (Å²) in [6.07, 6.45) is 6.37. The standard InChI is InChI=1S/C34H44FN5O3/c1-19(2)39(20(3)4)33(42)27-17-25(35)9-11-29(27)40-23(7)31(26-12-14-36-18-30(26)40)32(41)24-13-15-38(22(6)16-24)34(43)28-10-8-21(5)37-28/h9,11-12,14,17-22,24,28,37H,8,10,13,15-16H2,1-7H3/t21-,22+,24-,28+/m1/s1. The molecule has 43 heavy (non-hydrogen) atoms. The van der Waals surface area contributed by atoms with Gasteiger partial charge in [0.05, 0.1) is 29.0 Å². The molecular formula is C34H44FN5O3. The highest BCUT2D eigenvalue weighted by atomic mass is 19.1. The van der Waals surface area contributed by atoms with Gasteiger partial charge in [0.25, 0.3) is 5.91 Å². The summed E-state index contributed by atoms with van der Waals surface area (Å²) >= 11 is 0. The number of rotatable bonds is 7. The van der Waals surface area contributed by atoms with Gasteiger partial charge in [-0.1, -0.05) is 0 Å².